The maximum atomic E-state index is 11.1. The zero-order valence-corrected chi connectivity index (χ0v) is 15.4. The van der Waals surface area contributed by atoms with Gasteiger partial charge in [-0.25, -0.2) is 9.78 Å². The van der Waals surface area contributed by atoms with Gasteiger partial charge in [0.1, 0.15) is 11.6 Å². The molecular weight excluding hydrogens is 348 g/mol. The van der Waals surface area contributed by atoms with Gasteiger partial charge >= 0.3 is 5.97 Å². The maximum Gasteiger partial charge on any atom is 0.371 e. The van der Waals surface area contributed by atoms with Crippen molar-refractivity contribution in [3.63, 3.8) is 0 Å². The summed E-state index contributed by atoms with van der Waals surface area (Å²) >= 11 is 0. The summed E-state index contributed by atoms with van der Waals surface area (Å²) < 4.78 is 5.44. The molecule has 0 radical (unpaired) electrons. The summed E-state index contributed by atoms with van der Waals surface area (Å²) in [6.07, 6.45) is 6.71. The largest absolute Gasteiger partial charge is 0.475 e. The van der Waals surface area contributed by atoms with Crippen LogP contribution in [-0.4, -0.2) is 44.8 Å². The van der Waals surface area contributed by atoms with E-state index >= 15 is 0 Å². The van der Waals surface area contributed by atoms with Gasteiger partial charge in [0.25, 0.3) is 0 Å². The van der Waals surface area contributed by atoms with Crippen LogP contribution in [0.15, 0.2) is 22.7 Å². The first kappa shape index (κ1) is 19.2. The molecule has 1 fully saturated rings. The standard InChI is InChI=1S/C19H26N4O4/c1-2-3-10-20-19-21-11-14(15-8-9-16(27-15)18(25)26)17(23-19)22-12-4-6-13(24)7-5-12/h8-9,11-13,24H,2-7,10H2,1H3,(H,25,26)(H2,20,21,22,23). The molecule has 1 aliphatic carbocycles. The number of aromatic nitrogens is 2. The fourth-order valence-electron chi connectivity index (χ4n) is 3.15. The number of nitrogens with zero attached hydrogens (tertiary/aromatic N) is 2. The van der Waals surface area contributed by atoms with Gasteiger partial charge in [-0.05, 0) is 44.2 Å². The van der Waals surface area contributed by atoms with Gasteiger partial charge in [0, 0.05) is 18.8 Å². The van der Waals surface area contributed by atoms with E-state index in [0.717, 1.165) is 45.1 Å². The minimum atomic E-state index is -1.12. The molecule has 0 amide bonds. The Labute approximate surface area is 158 Å². The first-order valence-electron chi connectivity index (χ1n) is 9.45. The normalized spacial score (nSPS) is 19.6. The number of aliphatic hydroxyl groups excluding tert-OH is 1. The molecule has 8 nitrogen and oxygen atoms in total. The van der Waals surface area contributed by atoms with Gasteiger partial charge in [-0.2, -0.15) is 4.98 Å². The van der Waals surface area contributed by atoms with E-state index < -0.39 is 5.97 Å². The Morgan fingerprint density at radius 1 is 1.30 bits per heavy atom. The molecular formula is C19H26N4O4. The Morgan fingerprint density at radius 3 is 2.74 bits per heavy atom. The summed E-state index contributed by atoms with van der Waals surface area (Å²) in [5.41, 5.74) is 0.620. The van der Waals surface area contributed by atoms with E-state index in [2.05, 4.69) is 27.5 Å². The molecule has 2 aromatic heterocycles. The van der Waals surface area contributed by atoms with Crippen molar-refractivity contribution < 1.29 is 19.4 Å². The van der Waals surface area contributed by atoms with Gasteiger partial charge in [0.15, 0.2) is 0 Å². The van der Waals surface area contributed by atoms with Gasteiger partial charge in [0.05, 0.1) is 11.7 Å². The van der Waals surface area contributed by atoms with Crippen LogP contribution in [0.2, 0.25) is 0 Å². The Morgan fingerprint density at radius 2 is 2.07 bits per heavy atom. The van der Waals surface area contributed by atoms with Crippen LogP contribution in [0, 0.1) is 0 Å². The number of anilines is 2. The topological polar surface area (TPSA) is 121 Å². The van der Waals surface area contributed by atoms with Crippen molar-refractivity contribution >= 4 is 17.7 Å². The number of rotatable bonds is 8. The number of hydrogen-bond acceptors (Lipinski definition) is 7. The summed E-state index contributed by atoms with van der Waals surface area (Å²) in [6, 6.07) is 3.23. The van der Waals surface area contributed by atoms with Crippen molar-refractivity contribution in [2.24, 2.45) is 0 Å². The van der Waals surface area contributed by atoms with Crippen molar-refractivity contribution in [1.82, 2.24) is 9.97 Å². The lowest BCUT2D eigenvalue weighted by atomic mass is 9.93. The van der Waals surface area contributed by atoms with Crippen LogP contribution >= 0.6 is 0 Å². The number of aromatic carboxylic acids is 1. The summed E-state index contributed by atoms with van der Waals surface area (Å²) in [5.74, 6) is 0.302. The summed E-state index contributed by atoms with van der Waals surface area (Å²) in [7, 11) is 0. The molecule has 27 heavy (non-hydrogen) atoms. The van der Waals surface area contributed by atoms with E-state index in [1.54, 1.807) is 12.3 Å². The molecule has 0 atom stereocenters. The highest BCUT2D eigenvalue weighted by molar-refractivity contribution is 5.85. The molecule has 2 heterocycles. The number of carboxylic acid groups (broad SMARTS) is 1. The number of hydrogen-bond donors (Lipinski definition) is 4. The highest BCUT2D eigenvalue weighted by Gasteiger charge is 2.22. The van der Waals surface area contributed by atoms with Gasteiger partial charge in [-0.15, -0.1) is 0 Å². The van der Waals surface area contributed by atoms with Crippen molar-refractivity contribution in [1.29, 1.82) is 0 Å². The zero-order valence-electron chi connectivity index (χ0n) is 15.4. The van der Waals surface area contributed by atoms with E-state index in [0.29, 0.717) is 23.1 Å². The van der Waals surface area contributed by atoms with Crippen molar-refractivity contribution in [2.75, 3.05) is 17.2 Å². The molecule has 0 bridgehead atoms. The molecule has 4 N–H and O–H groups in total. The summed E-state index contributed by atoms with van der Waals surface area (Å²) in [6.45, 7) is 2.90. The molecule has 0 aliphatic heterocycles. The molecule has 3 rings (SSSR count). The molecule has 0 aromatic carbocycles. The molecule has 146 valence electrons. The molecule has 2 aromatic rings. The molecule has 0 saturated heterocycles. The second kappa shape index (κ2) is 8.85. The average Bonchev–Trinajstić information content (AvgIpc) is 3.14. The third-order valence-corrected chi connectivity index (χ3v) is 4.72. The zero-order chi connectivity index (χ0) is 19.2. The van der Waals surface area contributed by atoms with E-state index in [-0.39, 0.29) is 17.9 Å². The number of carboxylic acids is 1. The second-order valence-corrected chi connectivity index (χ2v) is 6.86. The number of unbranched alkanes of at least 4 members (excludes halogenated alkanes) is 1. The van der Waals surface area contributed by atoms with E-state index in [1.807, 2.05) is 0 Å². The quantitative estimate of drug-likeness (QED) is 0.519. The smallest absolute Gasteiger partial charge is 0.371 e. The first-order chi connectivity index (χ1) is 13.1. The minimum Gasteiger partial charge on any atom is -0.475 e. The monoisotopic (exact) mass is 374 g/mol. The lowest BCUT2D eigenvalue weighted by Crippen LogP contribution is -2.29. The van der Waals surface area contributed by atoms with Crippen molar-refractivity contribution in [2.45, 2.75) is 57.6 Å². The van der Waals surface area contributed by atoms with Crippen LogP contribution in [0.3, 0.4) is 0 Å². The number of nitrogens with one attached hydrogen (secondary N) is 2. The number of carbonyl (C=O) groups is 1. The van der Waals surface area contributed by atoms with Crippen LogP contribution in [0.1, 0.15) is 56.0 Å². The molecule has 1 aliphatic rings. The van der Waals surface area contributed by atoms with Crippen LogP contribution in [0.25, 0.3) is 11.3 Å². The van der Waals surface area contributed by atoms with Gasteiger partial charge in [-0.3, -0.25) is 0 Å². The lowest BCUT2D eigenvalue weighted by Gasteiger charge is -2.27. The van der Waals surface area contributed by atoms with Crippen molar-refractivity contribution in [3.05, 3.63) is 24.1 Å². The van der Waals surface area contributed by atoms with Gasteiger partial charge in [-0.1, -0.05) is 13.3 Å². The Kier molecular flexibility index (Phi) is 6.28. The second-order valence-electron chi connectivity index (χ2n) is 6.86. The van der Waals surface area contributed by atoms with Gasteiger partial charge in [0.2, 0.25) is 11.7 Å². The third kappa shape index (κ3) is 4.97. The van der Waals surface area contributed by atoms with Crippen LogP contribution in [-0.2, 0) is 0 Å². The number of aliphatic hydroxyl groups is 1. The molecule has 0 spiro atoms. The molecule has 1 saturated carbocycles. The Hall–Kier alpha value is -2.61. The van der Waals surface area contributed by atoms with E-state index in [1.165, 1.54) is 6.07 Å². The third-order valence-electron chi connectivity index (χ3n) is 4.72. The van der Waals surface area contributed by atoms with Crippen LogP contribution in [0.4, 0.5) is 11.8 Å². The highest BCUT2D eigenvalue weighted by atomic mass is 16.4. The summed E-state index contributed by atoms with van der Waals surface area (Å²) in [4.78, 5) is 20.0. The SMILES string of the molecule is CCCCNc1ncc(-c2ccc(C(=O)O)o2)c(NC2CCC(O)CC2)n1. The fraction of sp³-hybridized carbons (Fsp3) is 0.526. The average molecular weight is 374 g/mol. The molecule has 8 heteroatoms. The van der Waals surface area contributed by atoms with E-state index in [4.69, 9.17) is 9.52 Å². The van der Waals surface area contributed by atoms with Crippen LogP contribution in [0.5, 0.6) is 0 Å². The molecule has 0 unspecified atom stereocenters. The van der Waals surface area contributed by atoms with Crippen LogP contribution < -0.4 is 10.6 Å². The first-order valence-corrected chi connectivity index (χ1v) is 9.45. The Bertz CT molecular complexity index is 769. The highest BCUT2D eigenvalue weighted by Crippen LogP contribution is 2.31. The van der Waals surface area contributed by atoms with Crippen molar-refractivity contribution in [3.8, 4) is 11.3 Å². The summed E-state index contributed by atoms with van der Waals surface area (Å²) in [5, 5.41) is 25.4. The van der Waals surface area contributed by atoms with Gasteiger partial charge < -0.3 is 25.3 Å². The Balaban J connectivity index is 1.84. The maximum absolute atomic E-state index is 11.1. The predicted molar refractivity (Wildman–Crippen MR) is 102 cm³/mol. The lowest BCUT2D eigenvalue weighted by molar-refractivity contribution is 0.0663. The predicted octanol–water partition coefficient (Wildman–Crippen LogP) is 3.36. The minimum absolute atomic E-state index is 0.123. The van der Waals surface area contributed by atoms with E-state index in [9.17, 15) is 9.90 Å². The fourth-order valence-corrected chi connectivity index (χ4v) is 3.15. The number of furan rings is 1.